The lowest BCUT2D eigenvalue weighted by Gasteiger charge is -2.33. The van der Waals surface area contributed by atoms with E-state index in [1.54, 1.807) is 36.1 Å². The molecule has 1 fully saturated rings. The van der Waals surface area contributed by atoms with Crippen LogP contribution in [0.5, 0.6) is 0 Å². The van der Waals surface area contributed by atoms with Gasteiger partial charge in [0.15, 0.2) is 0 Å². The van der Waals surface area contributed by atoms with Gasteiger partial charge >= 0.3 is 0 Å². The predicted octanol–water partition coefficient (Wildman–Crippen LogP) is 1.90. The molecule has 1 aromatic carbocycles. The number of hydrogen-bond donors (Lipinski definition) is 1. The van der Waals surface area contributed by atoms with Crippen LogP contribution in [0.1, 0.15) is 21.8 Å². The molecular weight excluding hydrogens is 370 g/mol. The lowest BCUT2D eigenvalue weighted by molar-refractivity contribution is -0.117. The van der Waals surface area contributed by atoms with E-state index in [1.807, 2.05) is 11.0 Å². The molecule has 8 nitrogen and oxygen atoms in total. The smallest absolute Gasteiger partial charge is 0.292 e. The van der Waals surface area contributed by atoms with Gasteiger partial charge in [0.25, 0.3) is 5.91 Å². The van der Waals surface area contributed by atoms with Gasteiger partial charge < -0.3 is 14.7 Å². The number of aryl methyl sites for hydroxylation is 1. The third-order valence-electron chi connectivity index (χ3n) is 4.24. The van der Waals surface area contributed by atoms with E-state index in [9.17, 15) is 9.59 Å². The van der Waals surface area contributed by atoms with Crippen LogP contribution in [0.2, 0.25) is 5.02 Å². The van der Waals surface area contributed by atoms with E-state index in [0.29, 0.717) is 48.1 Å². The molecule has 1 aliphatic heterocycles. The molecule has 2 heterocycles. The normalized spacial score (nSPS) is 14.6. The molecule has 0 spiro atoms. The Labute approximate surface area is 161 Å². The van der Waals surface area contributed by atoms with Crippen molar-refractivity contribution >= 4 is 29.1 Å². The topological polar surface area (TPSA) is 102 Å². The fourth-order valence-corrected chi connectivity index (χ4v) is 3.01. The highest BCUT2D eigenvalue weighted by molar-refractivity contribution is 6.31. The number of benzene rings is 1. The summed E-state index contributed by atoms with van der Waals surface area (Å²) < 4.78 is 5.01. The van der Waals surface area contributed by atoms with Crippen LogP contribution in [-0.2, 0) is 4.79 Å². The second-order valence-electron chi connectivity index (χ2n) is 6.25. The molecule has 0 aliphatic carbocycles. The van der Waals surface area contributed by atoms with Crippen molar-refractivity contribution in [3.8, 4) is 6.07 Å². The van der Waals surface area contributed by atoms with Gasteiger partial charge in [-0.1, -0.05) is 16.8 Å². The van der Waals surface area contributed by atoms with E-state index < -0.39 is 0 Å². The van der Waals surface area contributed by atoms with Crippen molar-refractivity contribution < 1.29 is 14.1 Å². The molecule has 2 amide bonds. The van der Waals surface area contributed by atoms with E-state index in [2.05, 4.69) is 10.5 Å². The largest absolute Gasteiger partial charge is 0.351 e. The molecule has 0 radical (unpaired) electrons. The first kappa shape index (κ1) is 18.9. The van der Waals surface area contributed by atoms with Gasteiger partial charge in [0.2, 0.25) is 11.7 Å². The molecule has 1 N–H and O–H groups in total. The number of nitrogens with one attached hydrogen (secondary N) is 1. The third-order valence-corrected chi connectivity index (χ3v) is 4.48. The van der Waals surface area contributed by atoms with Crippen LogP contribution >= 0.6 is 11.6 Å². The molecule has 0 bridgehead atoms. The molecule has 140 valence electrons. The first-order chi connectivity index (χ1) is 13.0. The van der Waals surface area contributed by atoms with Crippen LogP contribution in [0.15, 0.2) is 28.8 Å². The zero-order valence-corrected chi connectivity index (χ0v) is 15.5. The summed E-state index contributed by atoms with van der Waals surface area (Å²) in [6.07, 6.45) is 0. The number of anilines is 1. The molecule has 2 aromatic rings. The molecule has 1 aliphatic rings. The Bertz CT molecular complexity index is 897. The first-order valence-corrected chi connectivity index (χ1v) is 8.78. The summed E-state index contributed by atoms with van der Waals surface area (Å²) >= 11 is 5.93. The van der Waals surface area contributed by atoms with Crippen LogP contribution < -0.4 is 5.32 Å². The quantitative estimate of drug-likeness (QED) is 0.859. The predicted molar refractivity (Wildman–Crippen MR) is 98.4 cm³/mol. The van der Waals surface area contributed by atoms with Crippen molar-refractivity contribution in [2.45, 2.75) is 6.92 Å². The van der Waals surface area contributed by atoms with Gasteiger partial charge in [0, 0.05) is 37.3 Å². The van der Waals surface area contributed by atoms with Crippen molar-refractivity contribution in [3.05, 3.63) is 46.3 Å². The zero-order valence-electron chi connectivity index (χ0n) is 14.7. The monoisotopic (exact) mass is 387 g/mol. The van der Waals surface area contributed by atoms with Crippen molar-refractivity contribution in [1.82, 2.24) is 15.0 Å². The van der Waals surface area contributed by atoms with E-state index in [0.717, 1.165) is 0 Å². The minimum Gasteiger partial charge on any atom is -0.351 e. The Morgan fingerprint density at radius 2 is 2.04 bits per heavy atom. The van der Waals surface area contributed by atoms with Gasteiger partial charge in [-0.25, -0.2) is 0 Å². The van der Waals surface area contributed by atoms with E-state index in [1.165, 1.54) is 0 Å². The Morgan fingerprint density at radius 1 is 1.30 bits per heavy atom. The summed E-state index contributed by atoms with van der Waals surface area (Å²) in [4.78, 5) is 28.3. The van der Waals surface area contributed by atoms with Crippen molar-refractivity contribution in [2.24, 2.45) is 0 Å². The van der Waals surface area contributed by atoms with Gasteiger partial charge in [-0.3, -0.25) is 14.5 Å². The van der Waals surface area contributed by atoms with Crippen LogP contribution in [0.25, 0.3) is 0 Å². The first-order valence-electron chi connectivity index (χ1n) is 8.40. The number of nitriles is 1. The zero-order chi connectivity index (χ0) is 19.4. The van der Waals surface area contributed by atoms with E-state index in [4.69, 9.17) is 21.4 Å². The van der Waals surface area contributed by atoms with Crippen molar-refractivity contribution in [1.29, 1.82) is 5.26 Å². The van der Waals surface area contributed by atoms with Crippen LogP contribution in [0, 0.1) is 18.3 Å². The maximum absolute atomic E-state index is 12.3. The summed E-state index contributed by atoms with van der Waals surface area (Å²) in [5.41, 5.74) is 1.40. The number of halogens is 1. The molecule has 1 aromatic heterocycles. The Kier molecular flexibility index (Phi) is 5.74. The molecule has 27 heavy (non-hydrogen) atoms. The summed E-state index contributed by atoms with van der Waals surface area (Å²) in [5.74, 6) is -0.208. The number of amides is 2. The molecule has 0 saturated carbocycles. The number of carbonyl (C=O) groups excluding carboxylic acids is 2. The average molecular weight is 388 g/mol. The SMILES string of the molecule is Cc1cc(C(=O)N2CCN(CC(=O)Nc3cc(Cl)ccc3C#N)CC2)on1. The second-order valence-corrected chi connectivity index (χ2v) is 6.69. The lowest BCUT2D eigenvalue weighted by atomic mass is 10.2. The number of aromatic nitrogens is 1. The van der Waals surface area contributed by atoms with Crippen LogP contribution in [0.3, 0.4) is 0 Å². The Balaban J connectivity index is 1.52. The molecule has 3 rings (SSSR count). The van der Waals surface area contributed by atoms with E-state index >= 15 is 0 Å². The number of piperazine rings is 1. The second kappa shape index (κ2) is 8.20. The lowest BCUT2D eigenvalue weighted by Crippen LogP contribution is -2.50. The maximum Gasteiger partial charge on any atom is 0.292 e. The minimum atomic E-state index is -0.237. The fraction of sp³-hybridized carbons (Fsp3) is 0.333. The molecule has 0 atom stereocenters. The molecule has 1 saturated heterocycles. The standard InChI is InChI=1S/C18H18ClN5O3/c1-12-8-16(27-22-12)18(26)24-6-4-23(5-7-24)11-17(25)21-15-9-14(19)3-2-13(15)10-20/h2-3,8-9H,4-7,11H2,1H3,(H,21,25). The number of carbonyl (C=O) groups is 2. The highest BCUT2D eigenvalue weighted by Crippen LogP contribution is 2.20. The van der Waals surface area contributed by atoms with Gasteiger partial charge in [-0.05, 0) is 25.1 Å². The summed E-state index contributed by atoms with van der Waals surface area (Å²) in [5, 5.41) is 16.0. The minimum absolute atomic E-state index is 0.167. The molecule has 0 unspecified atom stereocenters. The number of nitrogens with zero attached hydrogens (tertiary/aromatic N) is 4. The summed E-state index contributed by atoms with van der Waals surface area (Å²) in [7, 11) is 0. The van der Waals surface area contributed by atoms with Crippen molar-refractivity contribution in [2.75, 3.05) is 38.0 Å². The van der Waals surface area contributed by atoms with Crippen LogP contribution in [0.4, 0.5) is 5.69 Å². The maximum atomic E-state index is 12.3. The van der Waals surface area contributed by atoms with Crippen LogP contribution in [-0.4, -0.2) is 59.5 Å². The third kappa shape index (κ3) is 4.64. The van der Waals surface area contributed by atoms with Gasteiger partial charge in [-0.15, -0.1) is 0 Å². The Morgan fingerprint density at radius 3 is 2.67 bits per heavy atom. The molecular formula is C18H18ClN5O3. The van der Waals surface area contributed by atoms with Gasteiger partial charge in [0.05, 0.1) is 23.5 Å². The van der Waals surface area contributed by atoms with Crippen molar-refractivity contribution in [3.63, 3.8) is 0 Å². The van der Waals surface area contributed by atoms with Gasteiger partial charge in [0.1, 0.15) is 6.07 Å². The highest BCUT2D eigenvalue weighted by atomic mass is 35.5. The Hall–Kier alpha value is -2.89. The summed E-state index contributed by atoms with van der Waals surface area (Å²) in [6, 6.07) is 8.35. The average Bonchev–Trinajstić information content (AvgIpc) is 3.08. The van der Waals surface area contributed by atoms with Gasteiger partial charge in [-0.2, -0.15) is 5.26 Å². The molecule has 9 heteroatoms. The fourth-order valence-electron chi connectivity index (χ4n) is 2.84. The highest BCUT2D eigenvalue weighted by Gasteiger charge is 2.25. The number of rotatable bonds is 4. The number of hydrogen-bond acceptors (Lipinski definition) is 6. The van der Waals surface area contributed by atoms with E-state index in [-0.39, 0.29) is 24.1 Å². The summed E-state index contributed by atoms with van der Waals surface area (Å²) in [6.45, 7) is 4.04.